The van der Waals surface area contributed by atoms with E-state index in [1.165, 1.54) is 0 Å². The van der Waals surface area contributed by atoms with Gasteiger partial charge in [0.15, 0.2) is 0 Å². The Balaban J connectivity index is 3.70. The summed E-state index contributed by atoms with van der Waals surface area (Å²) >= 11 is 13.8. The molecule has 1 aliphatic carbocycles. The van der Waals surface area contributed by atoms with Crippen LogP contribution in [-0.2, 0) is 0 Å². The first-order chi connectivity index (χ1) is 9.93. The fourth-order valence-corrected chi connectivity index (χ4v) is 5.65. The molecule has 130 valence electrons. The lowest BCUT2D eigenvalue weighted by Gasteiger charge is -2.62. The van der Waals surface area contributed by atoms with E-state index < -0.39 is 15.9 Å². The van der Waals surface area contributed by atoms with Gasteiger partial charge in [-0.2, -0.15) is 0 Å². The topological polar surface area (TPSA) is 20.2 Å². The molecule has 0 heterocycles. The van der Waals surface area contributed by atoms with Crippen molar-refractivity contribution >= 4 is 23.2 Å². The molecule has 1 N–H and O–H groups in total. The molecular weight excluding hydrogens is 315 g/mol. The molecule has 0 saturated heterocycles. The summed E-state index contributed by atoms with van der Waals surface area (Å²) in [6, 6.07) is 0. The summed E-state index contributed by atoms with van der Waals surface area (Å²) in [5.74, 6) is 0.592. The van der Waals surface area contributed by atoms with E-state index in [4.69, 9.17) is 23.2 Å². The van der Waals surface area contributed by atoms with E-state index in [9.17, 15) is 5.11 Å². The largest absolute Gasteiger partial charge is 0.388 e. The highest BCUT2D eigenvalue weighted by Gasteiger charge is 2.65. The zero-order valence-electron chi connectivity index (χ0n) is 15.6. The van der Waals surface area contributed by atoms with Crippen molar-refractivity contribution < 1.29 is 5.11 Å². The summed E-state index contributed by atoms with van der Waals surface area (Å²) in [5.41, 5.74) is 1.25. The minimum Gasteiger partial charge on any atom is -0.388 e. The van der Waals surface area contributed by atoms with Crippen LogP contribution in [0.25, 0.3) is 0 Å². The average molecular weight is 349 g/mol. The monoisotopic (exact) mass is 348 g/mol. The molecule has 0 fully saturated rings. The third kappa shape index (κ3) is 2.56. The summed E-state index contributed by atoms with van der Waals surface area (Å²) in [6.45, 7) is 17.1. The second kappa shape index (κ2) is 6.65. The number of allylic oxidation sites excluding steroid dienone is 1. The van der Waals surface area contributed by atoms with E-state index in [-0.39, 0.29) is 11.3 Å². The fourth-order valence-electron chi connectivity index (χ4n) is 5.08. The number of aliphatic hydroxyl groups excluding tert-OH is 1. The molecule has 0 bridgehead atoms. The normalized spacial score (nSPS) is 32.5. The van der Waals surface area contributed by atoms with Crippen molar-refractivity contribution in [3.63, 3.8) is 0 Å². The van der Waals surface area contributed by atoms with Crippen molar-refractivity contribution in [3.05, 3.63) is 11.1 Å². The Hall–Kier alpha value is 0.280. The van der Waals surface area contributed by atoms with Crippen molar-refractivity contribution in [2.75, 3.05) is 0 Å². The van der Waals surface area contributed by atoms with Crippen LogP contribution >= 0.6 is 23.2 Å². The van der Waals surface area contributed by atoms with Crippen molar-refractivity contribution in [2.24, 2.45) is 22.7 Å². The number of hydrogen-bond acceptors (Lipinski definition) is 1. The van der Waals surface area contributed by atoms with Gasteiger partial charge in [-0.15, -0.1) is 0 Å². The zero-order chi connectivity index (χ0) is 17.5. The van der Waals surface area contributed by atoms with Gasteiger partial charge in [0.05, 0.1) is 6.10 Å². The molecule has 0 aromatic heterocycles. The van der Waals surface area contributed by atoms with Gasteiger partial charge in [0, 0.05) is 10.8 Å². The van der Waals surface area contributed by atoms with E-state index in [0.29, 0.717) is 5.92 Å². The maximum atomic E-state index is 11.4. The third-order valence-electron chi connectivity index (χ3n) is 6.44. The highest BCUT2D eigenvalue weighted by molar-refractivity contribution is 6.51. The number of aliphatic hydroxyl groups is 1. The van der Waals surface area contributed by atoms with Crippen LogP contribution in [-0.4, -0.2) is 15.5 Å². The van der Waals surface area contributed by atoms with Crippen LogP contribution in [0, 0.1) is 22.7 Å². The molecule has 1 nitrogen and oxygen atoms in total. The van der Waals surface area contributed by atoms with Gasteiger partial charge < -0.3 is 5.11 Å². The molecule has 0 aromatic rings. The second-order valence-corrected chi connectivity index (χ2v) is 9.25. The first kappa shape index (κ1) is 20.3. The highest BCUT2D eigenvalue weighted by atomic mass is 35.5. The van der Waals surface area contributed by atoms with Crippen molar-refractivity contribution in [1.29, 1.82) is 0 Å². The van der Waals surface area contributed by atoms with E-state index in [2.05, 4.69) is 48.5 Å². The van der Waals surface area contributed by atoms with Crippen molar-refractivity contribution in [3.8, 4) is 0 Å². The van der Waals surface area contributed by atoms with Gasteiger partial charge in [0.2, 0.25) is 0 Å². The fraction of sp³-hybridized carbons (Fsp3) is 0.895. The Morgan fingerprint density at radius 1 is 1.14 bits per heavy atom. The Labute approximate surface area is 147 Å². The van der Waals surface area contributed by atoms with Gasteiger partial charge in [0.1, 0.15) is 4.33 Å². The number of halogens is 2. The smallest absolute Gasteiger partial charge is 0.145 e. The predicted octanol–water partition coefficient (Wildman–Crippen LogP) is 6.37. The molecule has 1 rings (SSSR count). The number of rotatable bonds is 5. The standard InChI is InChI=1S/C19H34Cl2O/c1-9-11-13(5)18(10-2)16(22)15(12(3)4)14(6)19(20,21)17(18,7)8/h12-13,16,22H,9-11H2,1-8H3. The predicted molar refractivity (Wildman–Crippen MR) is 98.6 cm³/mol. The van der Waals surface area contributed by atoms with Crippen LogP contribution < -0.4 is 0 Å². The summed E-state index contributed by atoms with van der Waals surface area (Å²) in [7, 11) is 0. The molecule has 0 saturated carbocycles. The van der Waals surface area contributed by atoms with E-state index >= 15 is 0 Å². The first-order valence-corrected chi connectivity index (χ1v) is 9.45. The zero-order valence-corrected chi connectivity index (χ0v) is 17.1. The van der Waals surface area contributed by atoms with E-state index in [0.717, 1.165) is 30.4 Å². The molecule has 22 heavy (non-hydrogen) atoms. The van der Waals surface area contributed by atoms with Crippen LogP contribution in [0.4, 0.5) is 0 Å². The molecule has 0 aliphatic heterocycles. The van der Waals surface area contributed by atoms with Gasteiger partial charge in [-0.3, -0.25) is 0 Å². The lowest BCUT2D eigenvalue weighted by Crippen LogP contribution is -2.62. The molecule has 0 radical (unpaired) electrons. The molecule has 0 spiro atoms. The second-order valence-electron chi connectivity index (χ2n) is 7.92. The van der Waals surface area contributed by atoms with Crippen molar-refractivity contribution in [2.45, 2.75) is 85.1 Å². The summed E-state index contributed by atoms with van der Waals surface area (Å²) in [5, 5.41) is 11.4. The Kier molecular flexibility index (Phi) is 6.14. The van der Waals surface area contributed by atoms with Crippen LogP contribution in [0.2, 0.25) is 0 Å². The minimum atomic E-state index is -0.955. The molecule has 3 unspecified atom stereocenters. The number of alkyl halides is 2. The minimum absolute atomic E-state index is 0.239. The van der Waals surface area contributed by atoms with Crippen molar-refractivity contribution in [1.82, 2.24) is 0 Å². The first-order valence-electron chi connectivity index (χ1n) is 8.70. The van der Waals surface area contributed by atoms with Gasteiger partial charge in [-0.25, -0.2) is 0 Å². The maximum absolute atomic E-state index is 11.4. The van der Waals surface area contributed by atoms with Crippen LogP contribution in [0.5, 0.6) is 0 Å². The van der Waals surface area contributed by atoms with Gasteiger partial charge in [-0.1, -0.05) is 84.5 Å². The van der Waals surface area contributed by atoms with Gasteiger partial charge >= 0.3 is 0 Å². The third-order valence-corrected chi connectivity index (χ3v) is 7.96. The molecule has 3 atom stereocenters. The maximum Gasteiger partial charge on any atom is 0.145 e. The summed E-state index contributed by atoms with van der Waals surface area (Å²) in [6.07, 6.45) is 2.55. The lowest BCUT2D eigenvalue weighted by molar-refractivity contribution is -0.107. The number of hydrogen-bond donors (Lipinski definition) is 1. The van der Waals surface area contributed by atoms with Crippen LogP contribution in [0.15, 0.2) is 11.1 Å². The molecule has 0 aromatic carbocycles. The molecule has 0 amide bonds. The highest BCUT2D eigenvalue weighted by Crippen LogP contribution is 2.66. The van der Waals surface area contributed by atoms with E-state index in [1.54, 1.807) is 0 Å². The van der Waals surface area contributed by atoms with Gasteiger partial charge in [-0.05, 0) is 36.3 Å². The van der Waals surface area contributed by atoms with Crippen LogP contribution in [0.1, 0.15) is 74.7 Å². The lowest BCUT2D eigenvalue weighted by atomic mass is 9.48. The van der Waals surface area contributed by atoms with Gasteiger partial charge in [0.25, 0.3) is 0 Å². The summed E-state index contributed by atoms with van der Waals surface area (Å²) < 4.78 is -0.955. The Morgan fingerprint density at radius 2 is 1.64 bits per heavy atom. The van der Waals surface area contributed by atoms with Crippen LogP contribution in [0.3, 0.4) is 0 Å². The Bertz CT molecular complexity index is 437. The Morgan fingerprint density at radius 3 is 2.00 bits per heavy atom. The quantitative estimate of drug-likeness (QED) is 0.452. The average Bonchev–Trinajstić information content (AvgIpc) is 2.38. The SMILES string of the molecule is CCCC(C)C1(CC)C(O)C(C(C)C)=C(C)C(Cl)(Cl)C1(C)C. The molecule has 3 heteroatoms. The molecular formula is C19H34Cl2O. The molecule has 1 aliphatic rings. The summed E-state index contributed by atoms with van der Waals surface area (Å²) in [4.78, 5) is 0. The van der Waals surface area contributed by atoms with E-state index in [1.807, 2.05) is 6.92 Å².